The predicted molar refractivity (Wildman–Crippen MR) is 166 cm³/mol. The number of aromatic nitrogens is 3. The first-order chi connectivity index (χ1) is 21.4. The number of sulfonamides is 1. The molecule has 15 heteroatoms. The van der Waals surface area contributed by atoms with Crippen molar-refractivity contribution in [3.05, 3.63) is 41.9 Å². The number of hydrogen-bond acceptors (Lipinski definition) is 9. The molecule has 2 aliphatic heterocycles. The number of nitrogens with zero attached hydrogens (tertiary/aromatic N) is 5. The molecule has 6 rings (SSSR count). The van der Waals surface area contributed by atoms with Gasteiger partial charge in [-0.25, -0.2) is 27.2 Å². The van der Waals surface area contributed by atoms with E-state index in [1.807, 2.05) is 0 Å². The number of imidazole rings is 1. The molecule has 45 heavy (non-hydrogen) atoms. The van der Waals surface area contributed by atoms with E-state index in [2.05, 4.69) is 24.9 Å². The third-order valence-electron chi connectivity index (χ3n) is 8.98. The SMILES string of the molecule is CCOC(=O)CS(=O)(=O)Nc1cc(N2CCC3(CC2)CC3)c(C(=O)Nc2cn3ccnc3c(N3CCC(F)(F)CC3)n2)cc1C. The van der Waals surface area contributed by atoms with E-state index in [0.717, 1.165) is 12.8 Å². The molecule has 1 aromatic carbocycles. The molecule has 3 aliphatic rings. The molecular formula is C30H37F2N7O5S. The molecule has 12 nitrogen and oxygen atoms in total. The highest BCUT2D eigenvalue weighted by molar-refractivity contribution is 7.93. The van der Waals surface area contributed by atoms with Gasteiger partial charge >= 0.3 is 5.97 Å². The van der Waals surface area contributed by atoms with Gasteiger partial charge in [0.1, 0.15) is 0 Å². The maximum absolute atomic E-state index is 13.9. The van der Waals surface area contributed by atoms with Gasteiger partial charge in [0.2, 0.25) is 10.0 Å². The first kappa shape index (κ1) is 31.0. The zero-order valence-electron chi connectivity index (χ0n) is 25.3. The molecule has 1 saturated carbocycles. The summed E-state index contributed by atoms with van der Waals surface area (Å²) >= 11 is 0. The van der Waals surface area contributed by atoms with E-state index < -0.39 is 33.6 Å². The molecule has 1 amide bonds. The van der Waals surface area contributed by atoms with Gasteiger partial charge in [-0.15, -0.1) is 0 Å². The van der Waals surface area contributed by atoms with Crippen LogP contribution < -0.4 is 19.8 Å². The molecule has 3 fully saturated rings. The van der Waals surface area contributed by atoms with Crippen molar-refractivity contribution < 1.29 is 31.5 Å². The Labute approximate surface area is 260 Å². The molecule has 0 unspecified atom stereocenters. The van der Waals surface area contributed by atoms with Crippen molar-refractivity contribution in [3.8, 4) is 0 Å². The highest BCUT2D eigenvalue weighted by Crippen LogP contribution is 2.54. The first-order valence-corrected chi connectivity index (χ1v) is 16.8. The van der Waals surface area contributed by atoms with E-state index in [0.29, 0.717) is 46.8 Å². The summed E-state index contributed by atoms with van der Waals surface area (Å²) in [6.45, 7) is 4.97. The fraction of sp³-hybridized carbons (Fsp3) is 0.533. The molecule has 0 radical (unpaired) electrons. The van der Waals surface area contributed by atoms with E-state index >= 15 is 0 Å². The smallest absolute Gasteiger partial charge is 0.323 e. The molecule has 1 spiro atoms. The van der Waals surface area contributed by atoms with Crippen LogP contribution in [0.5, 0.6) is 0 Å². The number of rotatable bonds is 9. The molecular weight excluding hydrogens is 608 g/mol. The maximum Gasteiger partial charge on any atom is 0.323 e. The Balaban J connectivity index is 1.30. The number of piperidine rings is 2. The number of carbonyl (C=O) groups is 2. The highest BCUT2D eigenvalue weighted by atomic mass is 32.2. The Bertz CT molecular complexity index is 1720. The van der Waals surface area contributed by atoms with Crippen LogP contribution in [0.4, 0.5) is 31.8 Å². The summed E-state index contributed by atoms with van der Waals surface area (Å²) in [6.07, 6.45) is 8.64. The van der Waals surface area contributed by atoms with Crippen molar-refractivity contribution in [1.29, 1.82) is 0 Å². The molecule has 2 saturated heterocycles. The van der Waals surface area contributed by atoms with Gasteiger partial charge in [0, 0.05) is 51.4 Å². The van der Waals surface area contributed by atoms with Gasteiger partial charge in [0.15, 0.2) is 23.0 Å². The molecule has 0 atom stereocenters. The van der Waals surface area contributed by atoms with Gasteiger partial charge in [-0.3, -0.25) is 14.3 Å². The van der Waals surface area contributed by atoms with E-state index in [1.165, 1.54) is 12.8 Å². The van der Waals surface area contributed by atoms with Crippen LogP contribution in [-0.4, -0.2) is 79.1 Å². The molecule has 2 aromatic heterocycles. The van der Waals surface area contributed by atoms with E-state index in [9.17, 15) is 26.8 Å². The van der Waals surface area contributed by atoms with Crippen molar-refractivity contribution in [1.82, 2.24) is 14.4 Å². The number of benzene rings is 1. The Morgan fingerprint density at radius 3 is 2.38 bits per heavy atom. The van der Waals surface area contributed by atoms with E-state index in [1.54, 1.807) is 53.9 Å². The van der Waals surface area contributed by atoms with E-state index in [4.69, 9.17) is 4.74 Å². The number of nitrogens with one attached hydrogen (secondary N) is 2. The van der Waals surface area contributed by atoms with Gasteiger partial charge in [-0.1, -0.05) is 0 Å². The number of aryl methyl sites for hydroxylation is 1. The number of amides is 1. The minimum Gasteiger partial charge on any atom is -0.465 e. The fourth-order valence-electron chi connectivity index (χ4n) is 6.13. The zero-order valence-corrected chi connectivity index (χ0v) is 26.1. The quantitative estimate of drug-likeness (QED) is 0.328. The second-order valence-electron chi connectivity index (χ2n) is 12.2. The van der Waals surface area contributed by atoms with Crippen molar-refractivity contribution >= 4 is 50.6 Å². The fourth-order valence-corrected chi connectivity index (χ4v) is 7.15. The van der Waals surface area contributed by atoms with Crippen LogP contribution in [0.1, 0.15) is 61.4 Å². The molecule has 3 aromatic rings. The Morgan fingerprint density at radius 2 is 1.71 bits per heavy atom. The Hall–Kier alpha value is -4.01. The minimum absolute atomic E-state index is 0.0654. The highest BCUT2D eigenvalue weighted by Gasteiger charge is 2.45. The number of halogens is 2. The predicted octanol–water partition coefficient (Wildman–Crippen LogP) is 4.21. The second-order valence-corrected chi connectivity index (χ2v) is 14.0. The molecule has 0 bridgehead atoms. The lowest BCUT2D eigenvalue weighted by Gasteiger charge is -2.35. The number of anilines is 4. The summed E-state index contributed by atoms with van der Waals surface area (Å²) in [5.41, 5.74) is 2.51. The lowest BCUT2D eigenvalue weighted by Crippen LogP contribution is -2.40. The largest absolute Gasteiger partial charge is 0.465 e. The normalized spacial score (nSPS) is 19.0. The Morgan fingerprint density at radius 1 is 1.02 bits per heavy atom. The lowest BCUT2D eigenvalue weighted by atomic mass is 9.92. The number of ether oxygens (including phenoxy) is 1. The van der Waals surface area contributed by atoms with Gasteiger partial charge in [-0.05, 0) is 62.6 Å². The summed E-state index contributed by atoms with van der Waals surface area (Å²) in [7, 11) is -4.07. The third-order valence-corrected chi connectivity index (χ3v) is 10.1. The van der Waals surface area contributed by atoms with Crippen molar-refractivity contribution in [2.24, 2.45) is 5.41 Å². The second kappa shape index (κ2) is 11.7. The molecule has 2 N–H and O–H groups in total. The zero-order chi connectivity index (χ0) is 32.0. The van der Waals surface area contributed by atoms with Gasteiger partial charge < -0.3 is 24.3 Å². The van der Waals surface area contributed by atoms with Gasteiger partial charge in [0.05, 0.1) is 29.7 Å². The van der Waals surface area contributed by atoms with Gasteiger partial charge in [0.25, 0.3) is 11.8 Å². The number of carbonyl (C=O) groups excluding carboxylic acids is 2. The average molecular weight is 646 g/mol. The molecule has 1 aliphatic carbocycles. The minimum atomic E-state index is -4.07. The first-order valence-electron chi connectivity index (χ1n) is 15.2. The van der Waals surface area contributed by atoms with Crippen LogP contribution in [0.25, 0.3) is 5.65 Å². The lowest BCUT2D eigenvalue weighted by molar-refractivity contribution is -0.139. The molecule has 242 valence electrons. The average Bonchev–Trinajstić information content (AvgIpc) is 3.55. The topological polar surface area (TPSA) is 138 Å². The van der Waals surface area contributed by atoms with Crippen molar-refractivity contribution in [3.63, 3.8) is 0 Å². The van der Waals surface area contributed by atoms with Crippen LogP contribution in [0.2, 0.25) is 0 Å². The monoisotopic (exact) mass is 645 g/mol. The number of esters is 1. The van der Waals surface area contributed by atoms with Crippen LogP contribution in [-0.2, 0) is 19.6 Å². The summed E-state index contributed by atoms with van der Waals surface area (Å²) < 4.78 is 62.3. The number of fused-ring (bicyclic) bond motifs is 1. The summed E-state index contributed by atoms with van der Waals surface area (Å²) in [6, 6.07) is 3.27. The standard InChI is InChI=1S/C30H37F2N7O5S/c1-3-44-25(40)19-45(42,43)36-22-17-23(37-11-6-29(4-5-29)7-12-37)21(16-20(22)2)28(41)35-24-18-39-15-10-33-26(39)27(34-24)38-13-8-30(31,32)9-14-38/h10,15-18,36H,3-9,11-14,19H2,1-2H3,(H,35,41). The van der Waals surface area contributed by atoms with Crippen molar-refractivity contribution in [2.75, 3.05) is 58.4 Å². The maximum atomic E-state index is 13.9. The molecule has 4 heterocycles. The van der Waals surface area contributed by atoms with Crippen LogP contribution in [0.3, 0.4) is 0 Å². The number of alkyl halides is 2. The van der Waals surface area contributed by atoms with Gasteiger partial charge in [-0.2, -0.15) is 0 Å². The summed E-state index contributed by atoms with van der Waals surface area (Å²) in [4.78, 5) is 38.6. The van der Waals surface area contributed by atoms with Crippen LogP contribution >= 0.6 is 0 Å². The summed E-state index contributed by atoms with van der Waals surface area (Å²) in [5, 5.41) is 2.88. The van der Waals surface area contributed by atoms with Crippen LogP contribution in [0.15, 0.2) is 30.7 Å². The van der Waals surface area contributed by atoms with E-state index in [-0.39, 0.29) is 44.0 Å². The third kappa shape index (κ3) is 6.82. The number of hydrogen-bond donors (Lipinski definition) is 2. The van der Waals surface area contributed by atoms with Crippen molar-refractivity contribution in [2.45, 2.75) is 58.3 Å². The summed E-state index contributed by atoms with van der Waals surface area (Å²) in [5.74, 6) is -4.25. The Kier molecular flexibility index (Phi) is 8.08. The van der Waals surface area contributed by atoms with Crippen LogP contribution in [0, 0.1) is 12.3 Å².